The van der Waals surface area contributed by atoms with E-state index in [0.717, 1.165) is 33.5 Å². The number of hydrogen-bond donors (Lipinski definition) is 2. The van der Waals surface area contributed by atoms with E-state index in [1.165, 1.54) is 5.56 Å². The van der Waals surface area contributed by atoms with E-state index < -0.39 is 0 Å². The number of ketones is 1. The minimum absolute atomic E-state index is 0.0141. The van der Waals surface area contributed by atoms with Gasteiger partial charge < -0.3 is 4.98 Å². The number of nitrogens with one attached hydrogen (secondary N) is 2. The fourth-order valence-electron chi connectivity index (χ4n) is 2.88. The zero-order chi connectivity index (χ0) is 17.4. The van der Waals surface area contributed by atoms with Crippen LogP contribution in [0.2, 0.25) is 0 Å². The maximum atomic E-state index is 12.3. The van der Waals surface area contributed by atoms with Crippen LogP contribution in [0.1, 0.15) is 27.3 Å². The molecule has 0 unspecified atom stereocenters. The quantitative estimate of drug-likeness (QED) is 0.556. The molecule has 0 bridgehead atoms. The second-order valence-corrected chi connectivity index (χ2v) is 6.37. The summed E-state index contributed by atoms with van der Waals surface area (Å²) in [7, 11) is 0. The van der Waals surface area contributed by atoms with Gasteiger partial charge in [-0.2, -0.15) is 5.10 Å². The zero-order valence-electron chi connectivity index (χ0n) is 14.1. The molecule has 25 heavy (non-hydrogen) atoms. The molecule has 0 radical (unpaired) electrons. The van der Waals surface area contributed by atoms with Gasteiger partial charge in [0.15, 0.2) is 5.78 Å². The fourth-order valence-corrected chi connectivity index (χ4v) is 2.88. The molecule has 0 aliphatic heterocycles. The van der Waals surface area contributed by atoms with Gasteiger partial charge in [-0.25, -0.2) is 4.98 Å². The third kappa shape index (κ3) is 3.08. The number of nitrogens with zero attached hydrogens (tertiary/aromatic N) is 2. The Morgan fingerprint density at radius 1 is 1.08 bits per heavy atom. The molecule has 0 amide bonds. The van der Waals surface area contributed by atoms with Crippen LogP contribution in [0.25, 0.3) is 22.3 Å². The molecular weight excluding hydrogens is 312 g/mol. The molecule has 0 atom stereocenters. The summed E-state index contributed by atoms with van der Waals surface area (Å²) in [5.41, 5.74) is 6.42. The number of Topliss-reactive ketones (excluding diaryl/α,β-unsaturated/α-hetero) is 1. The van der Waals surface area contributed by atoms with Crippen LogP contribution in [-0.2, 0) is 6.42 Å². The second kappa shape index (κ2) is 6.02. The van der Waals surface area contributed by atoms with E-state index in [1.807, 2.05) is 13.0 Å². The Balaban J connectivity index is 1.61. The Kier molecular flexibility index (Phi) is 3.69. The van der Waals surface area contributed by atoms with Crippen molar-refractivity contribution in [2.24, 2.45) is 0 Å². The number of carbonyl (C=O) groups excluding carboxylic acids is 1. The number of fused-ring (bicyclic) bond motifs is 1. The molecule has 2 N–H and O–H groups in total. The van der Waals surface area contributed by atoms with E-state index in [1.54, 1.807) is 12.3 Å². The van der Waals surface area contributed by atoms with Crippen molar-refractivity contribution in [1.82, 2.24) is 20.2 Å². The summed E-state index contributed by atoms with van der Waals surface area (Å²) in [5.74, 6) is -0.0141. The average Bonchev–Trinajstić information content (AvgIpc) is 3.21. The van der Waals surface area contributed by atoms with E-state index in [4.69, 9.17) is 0 Å². The molecule has 4 aromatic rings. The van der Waals surface area contributed by atoms with E-state index in [0.29, 0.717) is 5.69 Å². The number of rotatable bonds is 4. The van der Waals surface area contributed by atoms with E-state index >= 15 is 0 Å². The summed E-state index contributed by atoms with van der Waals surface area (Å²) in [4.78, 5) is 20.1. The van der Waals surface area contributed by atoms with Crippen LogP contribution in [0.5, 0.6) is 0 Å². The van der Waals surface area contributed by atoms with Gasteiger partial charge in [-0.3, -0.25) is 9.89 Å². The molecule has 124 valence electrons. The third-order valence-electron chi connectivity index (χ3n) is 4.25. The maximum Gasteiger partial charge on any atom is 0.187 e. The van der Waals surface area contributed by atoms with Gasteiger partial charge in [-0.15, -0.1) is 0 Å². The highest BCUT2D eigenvalue weighted by atomic mass is 16.1. The van der Waals surface area contributed by atoms with Gasteiger partial charge >= 0.3 is 0 Å². The Morgan fingerprint density at radius 2 is 1.88 bits per heavy atom. The summed E-state index contributed by atoms with van der Waals surface area (Å²) in [5, 5.41) is 7.82. The average molecular weight is 330 g/mol. The lowest BCUT2D eigenvalue weighted by atomic mass is 10.1. The van der Waals surface area contributed by atoms with Gasteiger partial charge in [-0.05, 0) is 43.2 Å². The summed E-state index contributed by atoms with van der Waals surface area (Å²) < 4.78 is 0. The standard InChI is InChI=1S/C20H18N4O/c1-12-3-5-15(6-4-12)17-10-16-8-14(11-21-20(16)22-17)9-19(25)18-7-13(2)23-24-18/h3-8,10-11H,9H2,1-2H3,(H,21,22)(H,23,24). The summed E-state index contributed by atoms with van der Waals surface area (Å²) in [6.45, 7) is 3.95. The predicted octanol–water partition coefficient (Wildman–Crippen LogP) is 4.00. The lowest BCUT2D eigenvalue weighted by Gasteiger charge is -1.98. The number of aromatic amines is 2. The Morgan fingerprint density at radius 3 is 2.60 bits per heavy atom. The number of aromatic nitrogens is 4. The predicted molar refractivity (Wildman–Crippen MR) is 97.6 cm³/mol. The minimum atomic E-state index is -0.0141. The first kappa shape index (κ1) is 15.3. The van der Waals surface area contributed by atoms with Crippen LogP contribution < -0.4 is 0 Å². The Hall–Kier alpha value is -3.21. The second-order valence-electron chi connectivity index (χ2n) is 6.37. The van der Waals surface area contributed by atoms with Crippen LogP contribution in [0, 0.1) is 13.8 Å². The van der Waals surface area contributed by atoms with Crippen molar-refractivity contribution in [1.29, 1.82) is 0 Å². The molecule has 0 saturated carbocycles. The first-order chi connectivity index (χ1) is 12.1. The molecule has 4 rings (SSSR count). The zero-order valence-corrected chi connectivity index (χ0v) is 14.1. The van der Waals surface area contributed by atoms with Crippen molar-refractivity contribution in [3.8, 4) is 11.3 Å². The topological polar surface area (TPSA) is 74.4 Å². The molecule has 0 fully saturated rings. The molecule has 5 heteroatoms. The number of benzene rings is 1. The van der Waals surface area contributed by atoms with Crippen molar-refractivity contribution in [2.45, 2.75) is 20.3 Å². The van der Waals surface area contributed by atoms with Crippen molar-refractivity contribution < 1.29 is 4.79 Å². The molecule has 0 spiro atoms. The first-order valence-electron chi connectivity index (χ1n) is 8.18. The molecule has 3 heterocycles. The van der Waals surface area contributed by atoms with Crippen LogP contribution in [0.4, 0.5) is 0 Å². The van der Waals surface area contributed by atoms with Gasteiger partial charge in [0.25, 0.3) is 0 Å². The van der Waals surface area contributed by atoms with Crippen LogP contribution >= 0.6 is 0 Å². The summed E-state index contributed by atoms with van der Waals surface area (Å²) in [6, 6.07) is 14.2. The smallest absolute Gasteiger partial charge is 0.187 e. The van der Waals surface area contributed by atoms with Gasteiger partial charge in [0.05, 0.1) is 0 Å². The third-order valence-corrected chi connectivity index (χ3v) is 4.25. The molecular formula is C20H18N4O. The number of carbonyl (C=O) groups is 1. The summed E-state index contributed by atoms with van der Waals surface area (Å²) >= 11 is 0. The molecule has 1 aromatic carbocycles. The van der Waals surface area contributed by atoms with Crippen molar-refractivity contribution >= 4 is 16.8 Å². The van der Waals surface area contributed by atoms with E-state index in [2.05, 4.69) is 57.4 Å². The summed E-state index contributed by atoms with van der Waals surface area (Å²) in [6.07, 6.45) is 2.04. The Labute approximate surface area is 145 Å². The van der Waals surface area contributed by atoms with Crippen molar-refractivity contribution in [3.63, 3.8) is 0 Å². The normalized spacial score (nSPS) is 11.1. The molecule has 0 saturated heterocycles. The minimum Gasteiger partial charge on any atom is -0.339 e. The number of H-pyrrole nitrogens is 2. The van der Waals surface area contributed by atoms with Gasteiger partial charge in [0.1, 0.15) is 11.3 Å². The van der Waals surface area contributed by atoms with Crippen LogP contribution in [0.3, 0.4) is 0 Å². The fraction of sp³-hybridized carbons (Fsp3) is 0.150. The Bertz CT molecular complexity index is 1060. The lowest BCUT2D eigenvalue weighted by molar-refractivity contribution is 0.0988. The number of hydrogen-bond acceptors (Lipinski definition) is 3. The van der Waals surface area contributed by atoms with Crippen LogP contribution in [-0.4, -0.2) is 25.9 Å². The van der Waals surface area contributed by atoms with Crippen LogP contribution in [0.15, 0.2) is 48.7 Å². The molecule has 0 aliphatic carbocycles. The van der Waals surface area contributed by atoms with E-state index in [9.17, 15) is 4.79 Å². The highest BCUT2D eigenvalue weighted by molar-refractivity contribution is 5.96. The van der Waals surface area contributed by atoms with Crippen molar-refractivity contribution in [2.75, 3.05) is 0 Å². The lowest BCUT2D eigenvalue weighted by Crippen LogP contribution is -2.04. The van der Waals surface area contributed by atoms with Gasteiger partial charge in [0.2, 0.25) is 0 Å². The van der Waals surface area contributed by atoms with Gasteiger partial charge in [-0.1, -0.05) is 29.8 Å². The van der Waals surface area contributed by atoms with Gasteiger partial charge in [0, 0.05) is 29.4 Å². The molecule has 5 nitrogen and oxygen atoms in total. The molecule has 0 aliphatic rings. The number of pyridine rings is 1. The highest BCUT2D eigenvalue weighted by Gasteiger charge is 2.12. The monoisotopic (exact) mass is 330 g/mol. The maximum absolute atomic E-state index is 12.3. The SMILES string of the molecule is Cc1ccc(-c2cc3cc(CC(=O)c4cc(C)[nH]n4)cnc3[nH]2)cc1. The van der Waals surface area contributed by atoms with E-state index in [-0.39, 0.29) is 12.2 Å². The largest absolute Gasteiger partial charge is 0.339 e. The van der Waals surface area contributed by atoms with Crippen molar-refractivity contribution in [3.05, 3.63) is 71.2 Å². The highest BCUT2D eigenvalue weighted by Crippen LogP contribution is 2.24. The molecule has 3 aromatic heterocycles. The number of aryl methyl sites for hydroxylation is 2. The first-order valence-corrected chi connectivity index (χ1v) is 8.18.